The summed E-state index contributed by atoms with van der Waals surface area (Å²) in [6.45, 7) is 3.08. The number of piperidine rings is 1. The van der Waals surface area contributed by atoms with Crippen LogP contribution >= 0.6 is 0 Å². The minimum atomic E-state index is -0.589. The first-order valence-corrected chi connectivity index (χ1v) is 8.06. The van der Waals surface area contributed by atoms with Gasteiger partial charge in [0.15, 0.2) is 0 Å². The first-order valence-electron chi connectivity index (χ1n) is 8.06. The SMILES string of the molecule is CN1CCCOC(CONC(=O)[C@@H]2CC[C@@H]3CN2C(=O)N3O)C1. The molecule has 0 aromatic heterocycles. The lowest BCUT2D eigenvalue weighted by Crippen LogP contribution is -2.50. The van der Waals surface area contributed by atoms with E-state index < -0.39 is 12.1 Å². The van der Waals surface area contributed by atoms with E-state index >= 15 is 0 Å². The fourth-order valence-electron chi connectivity index (χ4n) is 3.37. The van der Waals surface area contributed by atoms with Crippen LogP contribution in [0.5, 0.6) is 0 Å². The van der Waals surface area contributed by atoms with Crippen LogP contribution in [0.25, 0.3) is 0 Å². The van der Waals surface area contributed by atoms with Gasteiger partial charge in [-0.3, -0.25) is 14.8 Å². The highest BCUT2D eigenvalue weighted by molar-refractivity contribution is 5.87. The number of nitrogens with one attached hydrogen (secondary N) is 1. The highest BCUT2D eigenvalue weighted by Gasteiger charge is 2.46. The van der Waals surface area contributed by atoms with Gasteiger partial charge in [0.1, 0.15) is 12.6 Å². The average Bonchev–Trinajstić information content (AvgIpc) is 2.71. The monoisotopic (exact) mass is 328 g/mol. The van der Waals surface area contributed by atoms with Crippen molar-refractivity contribution in [1.29, 1.82) is 0 Å². The van der Waals surface area contributed by atoms with Gasteiger partial charge in [0, 0.05) is 26.2 Å². The van der Waals surface area contributed by atoms with Gasteiger partial charge in [-0.25, -0.2) is 15.3 Å². The van der Waals surface area contributed by atoms with Crippen molar-refractivity contribution >= 4 is 11.9 Å². The molecule has 2 bridgehead atoms. The van der Waals surface area contributed by atoms with Crippen LogP contribution in [-0.2, 0) is 14.4 Å². The summed E-state index contributed by atoms with van der Waals surface area (Å²) in [5.41, 5.74) is 2.42. The van der Waals surface area contributed by atoms with Crippen LogP contribution in [0.3, 0.4) is 0 Å². The molecule has 3 saturated heterocycles. The second-order valence-electron chi connectivity index (χ2n) is 6.41. The lowest BCUT2D eigenvalue weighted by atomic mass is 10.0. The normalized spacial score (nSPS) is 32.1. The Morgan fingerprint density at radius 2 is 2.26 bits per heavy atom. The number of fused-ring (bicyclic) bond motifs is 2. The molecule has 3 fully saturated rings. The second-order valence-corrected chi connectivity index (χ2v) is 6.41. The maximum Gasteiger partial charge on any atom is 0.344 e. The van der Waals surface area contributed by atoms with Crippen molar-refractivity contribution in [3.63, 3.8) is 0 Å². The number of urea groups is 1. The maximum atomic E-state index is 12.2. The molecule has 0 spiro atoms. The lowest BCUT2D eigenvalue weighted by molar-refractivity contribution is -0.142. The fraction of sp³-hybridized carbons (Fsp3) is 0.857. The van der Waals surface area contributed by atoms with Crippen LogP contribution in [0.2, 0.25) is 0 Å². The first-order chi connectivity index (χ1) is 11.1. The molecule has 0 aliphatic carbocycles. The smallest absolute Gasteiger partial charge is 0.344 e. The Hall–Kier alpha value is -1.42. The van der Waals surface area contributed by atoms with Gasteiger partial charge in [-0.2, -0.15) is 0 Å². The molecule has 3 atom stereocenters. The number of carbonyl (C=O) groups is 2. The van der Waals surface area contributed by atoms with Gasteiger partial charge < -0.3 is 14.5 Å². The van der Waals surface area contributed by atoms with Gasteiger partial charge in [0.05, 0.1) is 12.1 Å². The molecule has 0 aromatic rings. The van der Waals surface area contributed by atoms with Gasteiger partial charge in [-0.1, -0.05) is 0 Å². The molecule has 130 valence electrons. The number of likely N-dealkylation sites (N-methyl/N-ethyl adjacent to an activating group) is 1. The Labute approximate surface area is 135 Å². The number of hydrogen-bond acceptors (Lipinski definition) is 6. The fourth-order valence-corrected chi connectivity index (χ4v) is 3.37. The largest absolute Gasteiger partial charge is 0.374 e. The molecule has 3 amide bonds. The Morgan fingerprint density at radius 1 is 1.43 bits per heavy atom. The van der Waals surface area contributed by atoms with Crippen LogP contribution in [0, 0.1) is 0 Å². The van der Waals surface area contributed by atoms with E-state index in [-0.39, 0.29) is 24.7 Å². The molecular formula is C14H24N4O5. The summed E-state index contributed by atoms with van der Waals surface area (Å²) < 4.78 is 5.66. The van der Waals surface area contributed by atoms with E-state index in [1.165, 1.54) is 4.90 Å². The molecule has 0 saturated carbocycles. The molecule has 0 radical (unpaired) electrons. The first kappa shape index (κ1) is 16.4. The molecule has 0 aromatic carbocycles. The molecule has 3 heterocycles. The van der Waals surface area contributed by atoms with Crippen molar-refractivity contribution in [3.05, 3.63) is 0 Å². The van der Waals surface area contributed by atoms with E-state index in [1.807, 2.05) is 7.05 Å². The second kappa shape index (κ2) is 7.00. The Bertz CT molecular complexity index is 462. The summed E-state index contributed by atoms with van der Waals surface area (Å²) in [5.74, 6) is -0.353. The van der Waals surface area contributed by atoms with Crippen molar-refractivity contribution in [3.8, 4) is 0 Å². The highest BCUT2D eigenvalue weighted by Crippen LogP contribution is 2.28. The minimum absolute atomic E-state index is 0.0834. The van der Waals surface area contributed by atoms with Crippen LogP contribution in [0.15, 0.2) is 0 Å². The summed E-state index contributed by atoms with van der Waals surface area (Å²) in [5, 5.41) is 10.3. The van der Waals surface area contributed by atoms with Crippen LogP contribution in [-0.4, -0.2) is 90.1 Å². The zero-order valence-corrected chi connectivity index (χ0v) is 13.3. The molecule has 3 aliphatic rings. The summed E-state index contributed by atoms with van der Waals surface area (Å²) in [6, 6.07) is -1.31. The van der Waals surface area contributed by atoms with Crippen molar-refractivity contribution in [2.24, 2.45) is 0 Å². The number of amides is 3. The van der Waals surface area contributed by atoms with E-state index in [9.17, 15) is 14.8 Å². The van der Waals surface area contributed by atoms with E-state index in [2.05, 4.69) is 10.4 Å². The summed E-state index contributed by atoms with van der Waals surface area (Å²) in [6.07, 6.45) is 2.02. The van der Waals surface area contributed by atoms with Crippen molar-refractivity contribution in [2.45, 2.75) is 37.5 Å². The summed E-state index contributed by atoms with van der Waals surface area (Å²) >= 11 is 0. The predicted octanol–water partition coefficient (Wildman–Crippen LogP) is -0.587. The van der Waals surface area contributed by atoms with Gasteiger partial charge >= 0.3 is 6.03 Å². The number of nitrogens with zero attached hydrogens (tertiary/aromatic N) is 3. The summed E-state index contributed by atoms with van der Waals surface area (Å²) in [7, 11) is 2.03. The van der Waals surface area contributed by atoms with E-state index in [0.29, 0.717) is 26.0 Å². The maximum absolute atomic E-state index is 12.2. The topological polar surface area (TPSA) is 94.6 Å². The molecule has 2 N–H and O–H groups in total. The van der Waals surface area contributed by atoms with E-state index in [1.54, 1.807) is 0 Å². The van der Waals surface area contributed by atoms with E-state index in [0.717, 1.165) is 24.6 Å². The molecule has 9 heteroatoms. The van der Waals surface area contributed by atoms with Gasteiger partial charge in [0.2, 0.25) is 0 Å². The standard InChI is InChI=1S/C14H24N4O5/c1-16-5-2-6-22-11(8-16)9-23-15-13(19)12-4-3-10-7-17(12)14(20)18(10)21/h10-12,21H,2-9H2,1H3,(H,15,19)/t10-,11?,12+/m1/s1. The molecule has 1 unspecified atom stereocenters. The average molecular weight is 328 g/mol. The van der Waals surface area contributed by atoms with Crippen LogP contribution < -0.4 is 5.48 Å². The van der Waals surface area contributed by atoms with Crippen LogP contribution in [0.1, 0.15) is 19.3 Å². The van der Waals surface area contributed by atoms with E-state index in [4.69, 9.17) is 9.57 Å². The third-order valence-corrected chi connectivity index (χ3v) is 4.64. The summed E-state index contributed by atoms with van der Waals surface area (Å²) in [4.78, 5) is 32.9. The molecular weight excluding hydrogens is 304 g/mol. The Morgan fingerprint density at radius 3 is 3.09 bits per heavy atom. The van der Waals surface area contributed by atoms with Gasteiger partial charge in [0.25, 0.3) is 5.91 Å². The molecule has 3 rings (SSSR count). The highest BCUT2D eigenvalue weighted by atomic mass is 16.7. The molecule has 23 heavy (non-hydrogen) atoms. The Kier molecular flexibility index (Phi) is 5.00. The number of rotatable bonds is 4. The molecule has 9 nitrogen and oxygen atoms in total. The quantitative estimate of drug-likeness (QED) is 0.529. The predicted molar refractivity (Wildman–Crippen MR) is 78.5 cm³/mol. The van der Waals surface area contributed by atoms with Crippen molar-refractivity contribution < 1.29 is 24.4 Å². The number of hydroxylamine groups is 3. The van der Waals surface area contributed by atoms with Gasteiger partial charge in [-0.05, 0) is 26.3 Å². The third-order valence-electron chi connectivity index (χ3n) is 4.64. The third kappa shape index (κ3) is 3.57. The molecule has 3 aliphatic heterocycles. The lowest BCUT2D eigenvalue weighted by Gasteiger charge is -2.29. The van der Waals surface area contributed by atoms with Gasteiger partial charge in [-0.15, -0.1) is 0 Å². The number of hydrogen-bond donors (Lipinski definition) is 2. The van der Waals surface area contributed by atoms with Crippen molar-refractivity contribution in [1.82, 2.24) is 20.3 Å². The number of carbonyl (C=O) groups excluding carboxylic acids is 2. The Balaban J connectivity index is 1.45. The zero-order chi connectivity index (χ0) is 16.4. The zero-order valence-electron chi connectivity index (χ0n) is 13.3. The van der Waals surface area contributed by atoms with Crippen molar-refractivity contribution in [2.75, 3.05) is 39.9 Å². The number of ether oxygens (including phenoxy) is 1. The minimum Gasteiger partial charge on any atom is -0.374 e. The van der Waals surface area contributed by atoms with Crippen LogP contribution in [0.4, 0.5) is 4.79 Å².